The van der Waals surface area contributed by atoms with Gasteiger partial charge < -0.3 is 14.4 Å². The number of rotatable bonds is 5. The van der Waals surface area contributed by atoms with Gasteiger partial charge in [-0.3, -0.25) is 14.6 Å². The Bertz CT molecular complexity index is 664. The zero-order valence-electron chi connectivity index (χ0n) is 15.6. The van der Waals surface area contributed by atoms with E-state index in [9.17, 15) is 9.59 Å². The summed E-state index contributed by atoms with van der Waals surface area (Å²) < 4.78 is 10.5. The van der Waals surface area contributed by atoms with Crippen molar-refractivity contribution in [3.8, 4) is 5.75 Å². The Morgan fingerprint density at radius 1 is 1.15 bits per heavy atom. The first-order valence-corrected chi connectivity index (χ1v) is 9.71. The van der Waals surface area contributed by atoms with Crippen LogP contribution in [0.5, 0.6) is 5.75 Å². The number of methoxy groups -OCH3 is 1. The third-order valence-electron chi connectivity index (χ3n) is 5.13. The SMILES string of the molecule is COC(=O)N1CCCC1C(=O)N1CCN(CCOc2ccccc2Cl)CC1. The minimum absolute atomic E-state index is 0.0323. The summed E-state index contributed by atoms with van der Waals surface area (Å²) >= 11 is 6.09. The third-order valence-corrected chi connectivity index (χ3v) is 5.44. The van der Waals surface area contributed by atoms with Crippen molar-refractivity contribution in [3.63, 3.8) is 0 Å². The summed E-state index contributed by atoms with van der Waals surface area (Å²) in [5, 5.41) is 0.611. The summed E-state index contributed by atoms with van der Waals surface area (Å²) in [4.78, 5) is 30.3. The van der Waals surface area contributed by atoms with E-state index in [-0.39, 0.29) is 11.9 Å². The van der Waals surface area contributed by atoms with Crippen LogP contribution in [-0.4, -0.2) is 85.7 Å². The molecule has 1 aromatic carbocycles. The summed E-state index contributed by atoms with van der Waals surface area (Å²) in [5.74, 6) is 0.724. The lowest BCUT2D eigenvalue weighted by atomic mass is 10.1. The zero-order chi connectivity index (χ0) is 19.2. The lowest BCUT2D eigenvalue weighted by Crippen LogP contribution is -2.54. The van der Waals surface area contributed by atoms with E-state index in [0.717, 1.165) is 26.1 Å². The summed E-state index contributed by atoms with van der Waals surface area (Å²) in [6.45, 7) is 4.84. The van der Waals surface area contributed by atoms with E-state index in [2.05, 4.69) is 4.90 Å². The normalized spacial score (nSPS) is 20.6. The molecule has 2 aliphatic rings. The molecule has 0 bridgehead atoms. The molecule has 0 N–H and O–H groups in total. The highest BCUT2D eigenvalue weighted by atomic mass is 35.5. The molecule has 0 aromatic heterocycles. The Morgan fingerprint density at radius 3 is 2.59 bits per heavy atom. The predicted molar refractivity (Wildman–Crippen MR) is 102 cm³/mol. The molecule has 7 nitrogen and oxygen atoms in total. The maximum absolute atomic E-state index is 12.8. The zero-order valence-corrected chi connectivity index (χ0v) is 16.4. The van der Waals surface area contributed by atoms with Crippen LogP contribution in [0.2, 0.25) is 5.02 Å². The molecule has 1 unspecified atom stereocenters. The molecule has 2 saturated heterocycles. The first-order valence-electron chi connectivity index (χ1n) is 9.33. The molecular weight excluding hydrogens is 370 g/mol. The van der Waals surface area contributed by atoms with Crippen LogP contribution in [-0.2, 0) is 9.53 Å². The van der Waals surface area contributed by atoms with Crippen molar-refractivity contribution in [2.75, 3.05) is 53.0 Å². The number of likely N-dealkylation sites (tertiary alicyclic amines) is 1. The van der Waals surface area contributed by atoms with Crippen molar-refractivity contribution in [2.45, 2.75) is 18.9 Å². The van der Waals surface area contributed by atoms with E-state index >= 15 is 0 Å². The molecular formula is C19H26ClN3O4. The number of halogens is 1. The summed E-state index contributed by atoms with van der Waals surface area (Å²) in [6.07, 6.45) is 1.13. The Balaban J connectivity index is 1.42. The molecule has 0 aliphatic carbocycles. The highest BCUT2D eigenvalue weighted by Gasteiger charge is 2.37. The van der Waals surface area contributed by atoms with Crippen LogP contribution in [0, 0.1) is 0 Å². The molecule has 27 heavy (non-hydrogen) atoms. The lowest BCUT2D eigenvalue weighted by molar-refractivity contribution is -0.137. The average Bonchev–Trinajstić information content (AvgIpc) is 3.18. The quantitative estimate of drug-likeness (QED) is 0.764. The Hall–Kier alpha value is -1.99. The van der Waals surface area contributed by atoms with Crippen LogP contribution in [0.3, 0.4) is 0 Å². The second kappa shape index (κ2) is 9.28. The topological polar surface area (TPSA) is 62.3 Å². The smallest absolute Gasteiger partial charge is 0.410 e. The number of hydrogen-bond acceptors (Lipinski definition) is 5. The van der Waals surface area contributed by atoms with Gasteiger partial charge in [0.05, 0.1) is 12.1 Å². The van der Waals surface area contributed by atoms with Crippen molar-refractivity contribution in [1.82, 2.24) is 14.7 Å². The molecule has 3 rings (SSSR count). The highest BCUT2D eigenvalue weighted by molar-refractivity contribution is 6.32. The van der Waals surface area contributed by atoms with Gasteiger partial charge in [-0.1, -0.05) is 23.7 Å². The van der Waals surface area contributed by atoms with Gasteiger partial charge in [0.15, 0.2) is 0 Å². The minimum Gasteiger partial charge on any atom is -0.491 e. The number of piperazine rings is 1. The third kappa shape index (κ3) is 4.84. The monoisotopic (exact) mass is 395 g/mol. The average molecular weight is 396 g/mol. The van der Waals surface area contributed by atoms with Gasteiger partial charge in [-0.2, -0.15) is 0 Å². The van der Waals surface area contributed by atoms with Crippen molar-refractivity contribution in [2.24, 2.45) is 0 Å². The second-order valence-corrected chi connectivity index (χ2v) is 7.17. The second-order valence-electron chi connectivity index (χ2n) is 6.77. The van der Waals surface area contributed by atoms with E-state index < -0.39 is 6.09 Å². The number of nitrogens with zero attached hydrogens (tertiary/aromatic N) is 3. The van der Waals surface area contributed by atoms with Gasteiger partial charge in [0.2, 0.25) is 5.91 Å². The van der Waals surface area contributed by atoms with Crippen LogP contribution in [0.4, 0.5) is 4.79 Å². The van der Waals surface area contributed by atoms with Gasteiger partial charge in [0, 0.05) is 39.3 Å². The van der Waals surface area contributed by atoms with Crippen LogP contribution >= 0.6 is 11.6 Å². The van der Waals surface area contributed by atoms with Crippen LogP contribution < -0.4 is 4.74 Å². The largest absolute Gasteiger partial charge is 0.491 e. The summed E-state index contributed by atoms with van der Waals surface area (Å²) in [6, 6.07) is 7.05. The van der Waals surface area contributed by atoms with Gasteiger partial charge in [-0.25, -0.2) is 4.79 Å². The number of amides is 2. The molecule has 1 aromatic rings. The van der Waals surface area contributed by atoms with Gasteiger partial charge in [-0.15, -0.1) is 0 Å². The van der Waals surface area contributed by atoms with Crippen molar-refractivity contribution in [3.05, 3.63) is 29.3 Å². The Labute approximate surface area is 164 Å². The lowest BCUT2D eigenvalue weighted by Gasteiger charge is -2.37. The number of ether oxygens (including phenoxy) is 2. The predicted octanol–water partition coefficient (Wildman–Crippen LogP) is 2.09. The van der Waals surface area contributed by atoms with E-state index in [0.29, 0.717) is 43.4 Å². The highest BCUT2D eigenvalue weighted by Crippen LogP contribution is 2.23. The molecule has 2 heterocycles. The van der Waals surface area contributed by atoms with Crippen molar-refractivity contribution in [1.29, 1.82) is 0 Å². The number of benzene rings is 1. The molecule has 0 spiro atoms. The van der Waals surface area contributed by atoms with E-state index in [4.69, 9.17) is 21.1 Å². The van der Waals surface area contributed by atoms with Gasteiger partial charge >= 0.3 is 6.09 Å². The summed E-state index contributed by atoms with van der Waals surface area (Å²) in [5.41, 5.74) is 0. The molecule has 148 valence electrons. The molecule has 2 aliphatic heterocycles. The molecule has 8 heteroatoms. The van der Waals surface area contributed by atoms with E-state index in [1.165, 1.54) is 7.11 Å². The number of para-hydroxylation sites is 1. The number of hydrogen-bond donors (Lipinski definition) is 0. The maximum atomic E-state index is 12.8. The Morgan fingerprint density at radius 2 is 1.89 bits per heavy atom. The molecule has 0 radical (unpaired) electrons. The number of carbonyl (C=O) groups excluding carboxylic acids is 2. The fraction of sp³-hybridized carbons (Fsp3) is 0.579. The summed E-state index contributed by atoms with van der Waals surface area (Å²) in [7, 11) is 1.35. The molecule has 0 saturated carbocycles. The maximum Gasteiger partial charge on any atom is 0.410 e. The van der Waals surface area contributed by atoms with Crippen LogP contribution in [0.15, 0.2) is 24.3 Å². The Kier molecular flexibility index (Phi) is 6.79. The number of carbonyl (C=O) groups is 2. The van der Waals surface area contributed by atoms with Crippen molar-refractivity contribution >= 4 is 23.6 Å². The van der Waals surface area contributed by atoms with Crippen molar-refractivity contribution < 1.29 is 19.1 Å². The molecule has 1 atom stereocenters. The first kappa shape index (κ1) is 19.8. The first-order chi connectivity index (χ1) is 13.1. The van der Waals surface area contributed by atoms with Crippen LogP contribution in [0.25, 0.3) is 0 Å². The fourth-order valence-corrected chi connectivity index (χ4v) is 3.80. The fourth-order valence-electron chi connectivity index (χ4n) is 3.61. The minimum atomic E-state index is -0.416. The molecule has 2 amide bonds. The van der Waals surface area contributed by atoms with Gasteiger partial charge in [0.25, 0.3) is 0 Å². The standard InChI is InChI=1S/C19H26ClN3O4/c1-26-19(25)23-8-4-6-16(23)18(24)22-11-9-21(10-12-22)13-14-27-17-7-3-2-5-15(17)20/h2-3,5,7,16H,4,6,8-14H2,1H3. The van der Waals surface area contributed by atoms with Crippen LogP contribution in [0.1, 0.15) is 12.8 Å². The van der Waals surface area contributed by atoms with E-state index in [1.54, 1.807) is 4.90 Å². The molecule has 2 fully saturated rings. The van der Waals surface area contributed by atoms with Gasteiger partial charge in [0.1, 0.15) is 18.4 Å². The van der Waals surface area contributed by atoms with Gasteiger partial charge in [-0.05, 0) is 25.0 Å². The van der Waals surface area contributed by atoms with E-state index in [1.807, 2.05) is 29.2 Å².